The zero-order valence-corrected chi connectivity index (χ0v) is 15.3. The first kappa shape index (κ1) is 17.0. The van der Waals surface area contributed by atoms with Crippen LogP contribution in [0.1, 0.15) is 18.9 Å². The molecule has 0 atom stereocenters. The van der Waals surface area contributed by atoms with Crippen LogP contribution in [0.4, 0.5) is 0 Å². The molecule has 0 saturated carbocycles. The molecule has 6 nitrogen and oxygen atoms in total. The van der Waals surface area contributed by atoms with Crippen molar-refractivity contribution >= 4 is 5.52 Å². The van der Waals surface area contributed by atoms with E-state index in [1.807, 2.05) is 53.2 Å². The van der Waals surface area contributed by atoms with E-state index in [2.05, 4.69) is 28.1 Å². The molecule has 0 aliphatic heterocycles. The standard InChI is InChI=1S/C21H20N4O2/c1-3-8-15-13-18-21(27-16-9-5-4-6-10-16)23-20(24-25(18)14-15)17-11-7-12-19(22-17)26-2/h4-7,9-14H,3,8H2,1-2H3. The van der Waals surface area contributed by atoms with E-state index in [-0.39, 0.29) is 0 Å². The molecular weight excluding hydrogens is 340 g/mol. The monoisotopic (exact) mass is 360 g/mol. The van der Waals surface area contributed by atoms with Crippen LogP contribution in [0.5, 0.6) is 17.5 Å². The lowest BCUT2D eigenvalue weighted by Crippen LogP contribution is -2.02. The zero-order chi connectivity index (χ0) is 18.6. The van der Waals surface area contributed by atoms with Gasteiger partial charge in [-0.25, -0.2) is 9.50 Å². The molecule has 0 aliphatic carbocycles. The summed E-state index contributed by atoms with van der Waals surface area (Å²) < 4.78 is 13.1. The first-order chi connectivity index (χ1) is 13.3. The highest BCUT2D eigenvalue weighted by molar-refractivity contribution is 5.62. The Morgan fingerprint density at radius 2 is 1.85 bits per heavy atom. The van der Waals surface area contributed by atoms with E-state index in [0.717, 1.165) is 24.1 Å². The van der Waals surface area contributed by atoms with Crippen LogP contribution in [-0.4, -0.2) is 26.7 Å². The summed E-state index contributed by atoms with van der Waals surface area (Å²) >= 11 is 0. The number of fused-ring (bicyclic) bond motifs is 1. The average Bonchev–Trinajstić information content (AvgIpc) is 3.12. The molecule has 3 heterocycles. The first-order valence-corrected chi connectivity index (χ1v) is 8.90. The largest absolute Gasteiger partial charge is 0.481 e. The second-order valence-corrected chi connectivity index (χ2v) is 6.15. The van der Waals surface area contributed by atoms with Crippen LogP contribution in [0.2, 0.25) is 0 Å². The number of rotatable bonds is 6. The number of hydrogen-bond acceptors (Lipinski definition) is 5. The van der Waals surface area contributed by atoms with Crippen LogP contribution in [0.25, 0.3) is 17.0 Å². The summed E-state index contributed by atoms with van der Waals surface area (Å²) in [5.74, 6) is 2.21. The summed E-state index contributed by atoms with van der Waals surface area (Å²) in [4.78, 5) is 9.09. The normalized spacial score (nSPS) is 10.9. The molecule has 0 amide bonds. The van der Waals surface area contributed by atoms with Crippen molar-refractivity contribution in [2.75, 3.05) is 7.11 Å². The van der Waals surface area contributed by atoms with E-state index in [4.69, 9.17) is 9.47 Å². The predicted octanol–water partition coefficient (Wildman–Crippen LogP) is 4.54. The van der Waals surface area contributed by atoms with Crippen LogP contribution in [0.15, 0.2) is 60.8 Å². The van der Waals surface area contributed by atoms with Gasteiger partial charge in [0.25, 0.3) is 0 Å². The molecular formula is C21H20N4O2. The number of hydrogen-bond donors (Lipinski definition) is 0. The fourth-order valence-electron chi connectivity index (χ4n) is 2.89. The van der Waals surface area contributed by atoms with E-state index in [1.165, 1.54) is 5.56 Å². The lowest BCUT2D eigenvalue weighted by atomic mass is 10.2. The SMILES string of the molecule is CCCc1cc2c(Oc3ccccc3)nc(-c3cccc(OC)n3)nn2c1. The molecule has 0 bridgehead atoms. The van der Waals surface area contributed by atoms with E-state index in [0.29, 0.717) is 23.3 Å². The van der Waals surface area contributed by atoms with Gasteiger partial charge in [0, 0.05) is 12.3 Å². The Hall–Kier alpha value is -3.41. The zero-order valence-electron chi connectivity index (χ0n) is 15.3. The summed E-state index contributed by atoms with van der Waals surface area (Å²) in [6, 6.07) is 17.2. The van der Waals surface area contributed by atoms with Gasteiger partial charge in [0.2, 0.25) is 17.6 Å². The molecule has 1 aromatic carbocycles. The third-order valence-corrected chi connectivity index (χ3v) is 4.14. The van der Waals surface area contributed by atoms with Gasteiger partial charge in [0.1, 0.15) is 17.0 Å². The lowest BCUT2D eigenvalue weighted by Gasteiger charge is -2.09. The molecule has 27 heavy (non-hydrogen) atoms. The molecule has 3 aromatic heterocycles. The molecule has 0 radical (unpaired) electrons. The maximum absolute atomic E-state index is 6.07. The highest BCUT2D eigenvalue weighted by atomic mass is 16.5. The van der Waals surface area contributed by atoms with Crippen LogP contribution in [-0.2, 0) is 6.42 Å². The van der Waals surface area contributed by atoms with Gasteiger partial charge in [0.05, 0.1) is 7.11 Å². The third kappa shape index (κ3) is 3.60. The number of aromatic nitrogens is 4. The summed E-state index contributed by atoms with van der Waals surface area (Å²) in [5, 5.41) is 4.63. The Balaban J connectivity index is 1.84. The van der Waals surface area contributed by atoms with E-state index in [9.17, 15) is 0 Å². The first-order valence-electron chi connectivity index (χ1n) is 8.90. The van der Waals surface area contributed by atoms with Crippen molar-refractivity contribution in [2.45, 2.75) is 19.8 Å². The molecule has 4 rings (SSSR count). The van der Waals surface area contributed by atoms with Crippen LogP contribution in [0.3, 0.4) is 0 Å². The van der Waals surface area contributed by atoms with Gasteiger partial charge in [-0.2, -0.15) is 4.98 Å². The maximum Gasteiger partial charge on any atom is 0.247 e. The summed E-state index contributed by atoms with van der Waals surface area (Å²) in [5.41, 5.74) is 2.65. The number of aryl methyl sites for hydroxylation is 1. The Labute approximate surface area is 157 Å². The molecule has 0 unspecified atom stereocenters. The highest BCUT2D eigenvalue weighted by Gasteiger charge is 2.14. The summed E-state index contributed by atoms with van der Waals surface area (Å²) in [7, 11) is 1.59. The van der Waals surface area contributed by atoms with Crippen LogP contribution < -0.4 is 9.47 Å². The van der Waals surface area contributed by atoms with Gasteiger partial charge in [0.15, 0.2) is 0 Å². The summed E-state index contributed by atoms with van der Waals surface area (Å²) in [6.45, 7) is 2.15. The second-order valence-electron chi connectivity index (χ2n) is 6.15. The van der Waals surface area contributed by atoms with Gasteiger partial charge >= 0.3 is 0 Å². The van der Waals surface area contributed by atoms with Gasteiger partial charge in [-0.15, -0.1) is 5.10 Å². The van der Waals surface area contributed by atoms with Crippen LogP contribution >= 0.6 is 0 Å². The average molecular weight is 360 g/mol. The topological polar surface area (TPSA) is 61.5 Å². The van der Waals surface area contributed by atoms with Gasteiger partial charge in [-0.3, -0.25) is 0 Å². The van der Waals surface area contributed by atoms with E-state index < -0.39 is 0 Å². The molecule has 0 aliphatic rings. The fraction of sp³-hybridized carbons (Fsp3) is 0.190. The van der Waals surface area contributed by atoms with E-state index >= 15 is 0 Å². The number of benzene rings is 1. The number of methoxy groups -OCH3 is 1. The van der Waals surface area contributed by atoms with Gasteiger partial charge in [-0.1, -0.05) is 37.6 Å². The number of pyridine rings is 1. The van der Waals surface area contributed by atoms with Crippen molar-refractivity contribution in [3.63, 3.8) is 0 Å². The van der Waals surface area contributed by atoms with Crippen molar-refractivity contribution in [1.82, 2.24) is 19.6 Å². The smallest absolute Gasteiger partial charge is 0.247 e. The second kappa shape index (κ2) is 7.45. The quantitative estimate of drug-likeness (QED) is 0.505. The van der Waals surface area contributed by atoms with E-state index in [1.54, 1.807) is 13.2 Å². The fourth-order valence-corrected chi connectivity index (χ4v) is 2.89. The number of nitrogens with zero attached hydrogens (tertiary/aromatic N) is 4. The molecule has 0 spiro atoms. The lowest BCUT2D eigenvalue weighted by molar-refractivity contribution is 0.398. The molecule has 0 saturated heterocycles. The number of ether oxygens (including phenoxy) is 2. The Morgan fingerprint density at radius 1 is 1.00 bits per heavy atom. The molecule has 4 aromatic rings. The number of para-hydroxylation sites is 1. The summed E-state index contributed by atoms with van der Waals surface area (Å²) in [6.07, 6.45) is 4.05. The van der Waals surface area contributed by atoms with Crippen molar-refractivity contribution in [2.24, 2.45) is 0 Å². The minimum Gasteiger partial charge on any atom is -0.481 e. The predicted molar refractivity (Wildman–Crippen MR) is 103 cm³/mol. The van der Waals surface area contributed by atoms with Crippen molar-refractivity contribution in [1.29, 1.82) is 0 Å². The maximum atomic E-state index is 6.07. The Bertz CT molecular complexity index is 1060. The minimum absolute atomic E-state index is 0.478. The molecule has 0 N–H and O–H groups in total. The van der Waals surface area contributed by atoms with Crippen molar-refractivity contribution in [3.05, 3.63) is 66.4 Å². The Morgan fingerprint density at radius 3 is 2.63 bits per heavy atom. The highest BCUT2D eigenvalue weighted by Crippen LogP contribution is 2.28. The van der Waals surface area contributed by atoms with Crippen molar-refractivity contribution < 1.29 is 9.47 Å². The Kier molecular flexibility index (Phi) is 4.70. The van der Waals surface area contributed by atoms with Crippen molar-refractivity contribution in [3.8, 4) is 29.0 Å². The molecule has 136 valence electrons. The third-order valence-electron chi connectivity index (χ3n) is 4.14. The van der Waals surface area contributed by atoms with Crippen LogP contribution in [0, 0.1) is 0 Å². The van der Waals surface area contributed by atoms with Gasteiger partial charge < -0.3 is 9.47 Å². The van der Waals surface area contributed by atoms with Gasteiger partial charge in [-0.05, 0) is 36.2 Å². The minimum atomic E-state index is 0.478. The molecule has 6 heteroatoms. The molecule has 0 fully saturated rings.